The zero-order valence-corrected chi connectivity index (χ0v) is 13.0. The third-order valence-corrected chi connectivity index (χ3v) is 3.83. The molecule has 0 radical (unpaired) electrons. The zero-order chi connectivity index (χ0) is 13.8. The number of carboxylic acids is 1. The number of anilines is 1. The van der Waals surface area contributed by atoms with E-state index in [-0.39, 0.29) is 0 Å². The molecule has 0 aromatic heterocycles. The van der Waals surface area contributed by atoms with E-state index in [1.165, 1.54) is 0 Å². The molecule has 3 nitrogen and oxygen atoms in total. The number of benzene rings is 2. The van der Waals surface area contributed by atoms with Gasteiger partial charge in [-0.25, -0.2) is 4.79 Å². The molecule has 0 saturated carbocycles. The smallest absolute Gasteiger partial charge is 0.336 e. The lowest BCUT2D eigenvalue weighted by molar-refractivity contribution is 0.0696. The van der Waals surface area contributed by atoms with Crippen molar-refractivity contribution in [1.29, 1.82) is 0 Å². The van der Waals surface area contributed by atoms with Gasteiger partial charge in [0.2, 0.25) is 0 Å². The van der Waals surface area contributed by atoms with E-state index in [2.05, 4.69) is 37.2 Å². The van der Waals surface area contributed by atoms with Gasteiger partial charge in [0, 0.05) is 21.2 Å². The van der Waals surface area contributed by atoms with Crippen LogP contribution in [-0.4, -0.2) is 11.1 Å². The molecule has 2 aromatic rings. The van der Waals surface area contributed by atoms with Crippen molar-refractivity contribution in [2.45, 2.75) is 6.54 Å². The molecule has 0 amide bonds. The monoisotopic (exact) mass is 383 g/mol. The summed E-state index contributed by atoms with van der Waals surface area (Å²) in [5.41, 5.74) is 1.98. The maximum atomic E-state index is 11.1. The molecule has 2 N–H and O–H groups in total. The van der Waals surface area contributed by atoms with Gasteiger partial charge < -0.3 is 10.4 Å². The van der Waals surface area contributed by atoms with Crippen LogP contribution in [-0.2, 0) is 6.54 Å². The quantitative estimate of drug-likeness (QED) is 0.814. The van der Waals surface area contributed by atoms with Crippen LogP contribution in [0.15, 0.2) is 51.4 Å². The second-order valence-corrected chi connectivity index (χ2v) is 5.71. The Bertz CT molecular complexity index is 614. The van der Waals surface area contributed by atoms with Crippen LogP contribution in [0, 0.1) is 0 Å². The van der Waals surface area contributed by atoms with Gasteiger partial charge in [-0.15, -0.1) is 0 Å². The fourth-order valence-electron chi connectivity index (χ4n) is 1.71. The highest BCUT2D eigenvalue weighted by Gasteiger charge is 2.09. The van der Waals surface area contributed by atoms with Crippen molar-refractivity contribution >= 4 is 43.5 Å². The Balaban J connectivity index is 2.19. The summed E-state index contributed by atoms with van der Waals surface area (Å²) in [6.07, 6.45) is 0. The molecule has 0 aliphatic heterocycles. The SMILES string of the molecule is O=C(O)c1ccccc1CNc1cc(Br)ccc1Br. The Morgan fingerprint density at radius 2 is 1.89 bits per heavy atom. The molecule has 0 spiro atoms. The molecule has 0 aliphatic carbocycles. The predicted octanol–water partition coefficient (Wildman–Crippen LogP) is 4.52. The van der Waals surface area contributed by atoms with E-state index in [0.717, 1.165) is 20.2 Å². The zero-order valence-electron chi connectivity index (χ0n) is 9.86. The second-order valence-electron chi connectivity index (χ2n) is 3.94. The number of aromatic carboxylic acids is 1. The average molecular weight is 385 g/mol. The summed E-state index contributed by atoms with van der Waals surface area (Å²) >= 11 is 6.86. The number of carbonyl (C=O) groups is 1. The number of hydrogen-bond acceptors (Lipinski definition) is 2. The van der Waals surface area contributed by atoms with Gasteiger partial charge in [0.1, 0.15) is 0 Å². The van der Waals surface area contributed by atoms with E-state index < -0.39 is 5.97 Å². The predicted molar refractivity (Wildman–Crippen MR) is 82.6 cm³/mol. The van der Waals surface area contributed by atoms with E-state index in [9.17, 15) is 4.79 Å². The third-order valence-electron chi connectivity index (χ3n) is 2.65. The van der Waals surface area contributed by atoms with Crippen LogP contribution in [0.4, 0.5) is 5.69 Å². The number of rotatable bonds is 4. The van der Waals surface area contributed by atoms with Gasteiger partial charge >= 0.3 is 5.97 Å². The molecule has 0 bridgehead atoms. The Kier molecular flexibility index (Phi) is 4.61. The van der Waals surface area contributed by atoms with Gasteiger partial charge in [-0.1, -0.05) is 34.1 Å². The maximum absolute atomic E-state index is 11.1. The summed E-state index contributed by atoms with van der Waals surface area (Å²) in [7, 11) is 0. The minimum absolute atomic E-state index is 0.320. The number of carboxylic acid groups (broad SMARTS) is 1. The minimum atomic E-state index is -0.911. The van der Waals surface area contributed by atoms with Gasteiger partial charge in [-0.2, -0.15) is 0 Å². The van der Waals surface area contributed by atoms with Crippen molar-refractivity contribution in [3.05, 3.63) is 62.5 Å². The summed E-state index contributed by atoms with van der Waals surface area (Å²) < 4.78 is 1.90. The lowest BCUT2D eigenvalue weighted by Gasteiger charge is -2.11. The molecule has 0 aliphatic rings. The Labute approximate surface area is 127 Å². The van der Waals surface area contributed by atoms with Crippen LogP contribution in [0.5, 0.6) is 0 Å². The van der Waals surface area contributed by atoms with Gasteiger partial charge in [-0.05, 0) is 45.8 Å². The third kappa shape index (κ3) is 3.58. The summed E-state index contributed by atoms with van der Waals surface area (Å²) in [6.45, 7) is 0.456. The Hall–Kier alpha value is -1.33. The molecule has 0 heterocycles. The largest absolute Gasteiger partial charge is 0.478 e. The van der Waals surface area contributed by atoms with Crippen LogP contribution in [0.25, 0.3) is 0 Å². The first-order chi connectivity index (χ1) is 9.08. The van der Waals surface area contributed by atoms with Gasteiger partial charge in [0.15, 0.2) is 0 Å². The molecule has 0 atom stereocenters. The number of hydrogen-bond donors (Lipinski definition) is 2. The van der Waals surface area contributed by atoms with E-state index in [4.69, 9.17) is 5.11 Å². The van der Waals surface area contributed by atoms with Gasteiger partial charge in [0.05, 0.1) is 5.56 Å². The molecule has 0 saturated heterocycles. The average Bonchev–Trinajstić information content (AvgIpc) is 2.40. The molecule has 98 valence electrons. The van der Waals surface area contributed by atoms with Crippen LogP contribution in [0.3, 0.4) is 0 Å². The van der Waals surface area contributed by atoms with Crippen LogP contribution in [0.2, 0.25) is 0 Å². The van der Waals surface area contributed by atoms with E-state index >= 15 is 0 Å². The Morgan fingerprint density at radius 3 is 2.63 bits per heavy atom. The summed E-state index contributed by atoms with van der Waals surface area (Å²) in [4.78, 5) is 11.1. The molecule has 2 rings (SSSR count). The molecule has 19 heavy (non-hydrogen) atoms. The van der Waals surface area contributed by atoms with Crippen molar-refractivity contribution in [1.82, 2.24) is 0 Å². The summed E-state index contributed by atoms with van der Waals surface area (Å²) in [5.74, 6) is -0.911. The first-order valence-corrected chi connectivity index (χ1v) is 7.16. The fourth-order valence-corrected chi connectivity index (χ4v) is 2.45. The standard InChI is InChI=1S/C14H11Br2NO2/c15-10-5-6-12(16)13(7-10)17-8-9-3-1-2-4-11(9)14(18)19/h1-7,17H,8H2,(H,18,19). The fraction of sp³-hybridized carbons (Fsp3) is 0.0714. The van der Waals surface area contributed by atoms with E-state index in [1.54, 1.807) is 12.1 Å². The second kappa shape index (κ2) is 6.21. The molecule has 5 heteroatoms. The topological polar surface area (TPSA) is 49.3 Å². The molecule has 0 unspecified atom stereocenters. The first-order valence-electron chi connectivity index (χ1n) is 5.58. The first kappa shape index (κ1) is 14.1. The maximum Gasteiger partial charge on any atom is 0.336 e. The summed E-state index contributed by atoms with van der Waals surface area (Å²) in [6, 6.07) is 12.8. The van der Waals surface area contributed by atoms with Gasteiger partial charge in [-0.3, -0.25) is 0 Å². The van der Waals surface area contributed by atoms with Crippen molar-refractivity contribution in [2.75, 3.05) is 5.32 Å². The highest BCUT2D eigenvalue weighted by Crippen LogP contribution is 2.26. The minimum Gasteiger partial charge on any atom is -0.478 e. The molecular weight excluding hydrogens is 374 g/mol. The number of halogens is 2. The summed E-state index contributed by atoms with van der Waals surface area (Å²) in [5, 5.41) is 12.3. The van der Waals surface area contributed by atoms with Crippen molar-refractivity contribution < 1.29 is 9.90 Å². The molecule has 2 aromatic carbocycles. The van der Waals surface area contributed by atoms with Gasteiger partial charge in [0.25, 0.3) is 0 Å². The van der Waals surface area contributed by atoms with E-state index in [0.29, 0.717) is 12.1 Å². The lowest BCUT2D eigenvalue weighted by Crippen LogP contribution is -2.07. The van der Waals surface area contributed by atoms with Crippen molar-refractivity contribution in [2.24, 2.45) is 0 Å². The highest BCUT2D eigenvalue weighted by molar-refractivity contribution is 9.11. The number of nitrogens with one attached hydrogen (secondary N) is 1. The van der Waals surface area contributed by atoms with Crippen LogP contribution in [0.1, 0.15) is 15.9 Å². The normalized spacial score (nSPS) is 10.2. The van der Waals surface area contributed by atoms with Crippen molar-refractivity contribution in [3.8, 4) is 0 Å². The van der Waals surface area contributed by atoms with E-state index in [1.807, 2.05) is 30.3 Å². The van der Waals surface area contributed by atoms with Crippen molar-refractivity contribution in [3.63, 3.8) is 0 Å². The lowest BCUT2D eigenvalue weighted by atomic mass is 10.1. The van der Waals surface area contributed by atoms with Crippen LogP contribution >= 0.6 is 31.9 Å². The molecule has 0 fully saturated rings. The van der Waals surface area contributed by atoms with Crippen LogP contribution < -0.4 is 5.32 Å². The Morgan fingerprint density at radius 1 is 1.16 bits per heavy atom. The highest BCUT2D eigenvalue weighted by atomic mass is 79.9. The molecular formula is C14H11Br2NO2.